The van der Waals surface area contributed by atoms with Crippen molar-refractivity contribution in [3.8, 4) is 55.6 Å². The van der Waals surface area contributed by atoms with Crippen LogP contribution < -0.4 is 0 Å². The molecule has 254 valence electrons. The Bertz CT molecular complexity index is 2990. The molecule has 0 saturated heterocycles. The molecular weight excluding hydrogens is 649 g/mol. The van der Waals surface area contributed by atoms with Gasteiger partial charge in [0.15, 0.2) is 0 Å². The Morgan fingerprint density at radius 3 is 1.43 bits per heavy atom. The van der Waals surface area contributed by atoms with E-state index in [0.29, 0.717) is 0 Å². The van der Waals surface area contributed by atoms with Gasteiger partial charge in [-0.1, -0.05) is 182 Å². The summed E-state index contributed by atoms with van der Waals surface area (Å²) in [7, 11) is 0. The van der Waals surface area contributed by atoms with E-state index in [2.05, 4.69) is 208 Å². The van der Waals surface area contributed by atoms with Gasteiger partial charge < -0.3 is 0 Å². The standard InChI is InChI=1S/C54H38/c1-35-25-26-42(34-52(35)45-32-31-38-14-3-5-18-44(38)36(45)2)41-16-11-17-43(33-41)54-50-22-9-7-20-48(50)53(49-21-8-10-23-51(49)54)40-29-27-39(28-30-40)47-24-12-15-37-13-4-6-19-46(37)47/h3-34H,1-2H3. The van der Waals surface area contributed by atoms with E-state index in [-0.39, 0.29) is 0 Å². The van der Waals surface area contributed by atoms with E-state index in [9.17, 15) is 0 Å². The predicted molar refractivity (Wildman–Crippen MR) is 233 cm³/mol. The molecule has 0 radical (unpaired) electrons. The normalized spacial score (nSPS) is 11.5. The molecule has 0 heterocycles. The van der Waals surface area contributed by atoms with Crippen LogP contribution in [0.2, 0.25) is 0 Å². The fourth-order valence-electron chi connectivity index (χ4n) is 8.71. The molecule has 0 nitrogen and oxygen atoms in total. The van der Waals surface area contributed by atoms with Gasteiger partial charge in [0.25, 0.3) is 0 Å². The smallest absolute Gasteiger partial charge is 0.00262 e. The van der Waals surface area contributed by atoms with Gasteiger partial charge in [0, 0.05) is 0 Å². The minimum absolute atomic E-state index is 1.22. The molecule has 0 atom stereocenters. The molecule has 0 aliphatic carbocycles. The van der Waals surface area contributed by atoms with Crippen molar-refractivity contribution in [3.05, 3.63) is 205 Å². The van der Waals surface area contributed by atoms with Gasteiger partial charge in [0.05, 0.1) is 0 Å². The monoisotopic (exact) mass is 686 g/mol. The third kappa shape index (κ3) is 5.30. The Morgan fingerprint density at radius 1 is 0.259 bits per heavy atom. The Kier molecular flexibility index (Phi) is 7.70. The second-order valence-electron chi connectivity index (χ2n) is 14.5. The van der Waals surface area contributed by atoms with Crippen LogP contribution in [-0.4, -0.2) is 0 Å². The lowest BCUT2D eigenvalue weighted by atomic mass is 9.85. The van der Waals surface area contributed by atoms with E-state index < -0.39 is 0 Å². The van der Waals surface area contributed by atoms with Crippen LogP contribution in [0.5, 0.6) is 0 Å². The minimum Gasteiger partial charge on any atom is -0.0616 e. The van der Waals surface area contributed by atoms with Crippen LogP contribution in [0.3, 0.4) is 0 Å². The summed E-state index contributed by atoms with van der Waals surface area (Å²) in [6.07, 6.45) is 0. The van der Waals surface area contributed by atoms with Crippen LogP contribution in [0, 0.1) is 13.8 Å². The van der Waals surface area contributed by atoms with E-state index in [1.54, 1.807) is 0 Å². The number of hydrogen-bond acceptors (Lipinski definition) is 0. The van der Waals surface area contributed by atoms with Gasteiger partial charge in [0.1, 0.15) is 0 Å². The van der Waals surface area contributed by atoms with Crippen molar-refractivity contribution in [1.82, 2.24) is 0 Å². The molecule has 0 saturated carbocycles. The van der Waals surface area contributed by atoms with E-state index in [4.69, 9.17) is 0 Å². The molecule has 0 amide bonds. The molecule has 0 N–H and O–H groups in total. The lowest BCUT2D eigenvalue weighted by Gasteiger charge is -2.19. The van der Waals surface area contributed by atoms with E-state index in [1.165, 1.54) is 110 Å². The third-order valence-electron chi connectivity index (χ3n) is 11.4. The zero-order valence-electron chi connectivity index (χ0n) is 30.5. The van der Waals surface area contributed by atoms with Crippen LogP contribution in [0.1, 0.15) is 11.1 Å². The zero-order chi connectivity index (χ0) is 36.2. The van der Waals surface area contributed by atoms with E-state index in [1.807, 2.05) is 0 Å². The van der Waals surface area contributed by atoms with Gasteiger partial charge >= 0.3 is 0 Å². The van der Waals surface area contributed by atoms with Crippen molar-refractivity contribution in [3.63, 3.8) is 0 Å². The molecule has 0 bridgehead atoms. The molecule has 0 fully saturated rings. The summed E-state index contributed by atoms with van der Waals surface area (Å²) in [6.45, 7) is 4.48. The molecule has 54 heavy (non-hydrogen) atoms. The summed E-state index contributed by atoms with van der Waals surface area (Å²) in [6, 6.07) is 71.6. The summed E-state index contributed by atoms with van der Waals surface area (Å²) in [5, 5.41) is 10.2. The van der Waals surface area contributed by atoms with Crippen LogP contribution in [0.15, 0.2) is 194 Å². The fourth-order valence-corrected chi connectivity index (χ4v) is 8.71. The first-order valence-corrected chi connectivity index (χ1v) is 18.8. The molecule has 10 aromatic carbocycles. The molecule has 0 unspecified atom stereocenters. The van der Waals surface area contributed by atoms with Gasteiger partial charge in [0.2, 0.25) is 0 Å². The number of benzene rings is 10. The third-order valence-corrected chi connectivity index (χ3v) is 11.4. The van der Waals surface area contributed by atoms with Crippen molar-refractivity contribution < 1.29 is 0 Å². The number of fused-ring (bicyclic) bond motifs is 4. The highest BCUT2D eigenvalue weighted by Gasteiger charge is 2.18. The highest BCUT2D eigenvalue weighted by molar-refractivity contribution is 6.21. The average molecular weight is 687 g/mol. The first-order valence-electron chi connectivity index (χ1n) is 18.8. The van der Waals surface area contributed by atoms with Gasteiger partial charge in [-0.05, 0) is 136 Å². The molecule has 10 rings (SSSR count). The van der Waals surface area contributed by atoms with Gasteiger partial charge in [-0.2, -0.15) is 0 Å². The largest absolute Gasteiger partial charge is 0.0616 e. The van der Waals surface area contributed by atoms with Crippen molar-refractivity contribution in [2.75, 3.05) is 0 Å². The Balaban J connectivity index is 1.10. The quantitative estimate of drug-likeness (QED) is 0.158. The summed E-state index contributed by atoms with van der Waals surface area (Å²) in [5.41, 5.74) is 15.1. The van der Waals surface area contributed by atoms with Crippen LogP contribution in [0.4, 0.5) is 0 Å². The van der Waals surface area contributed by atoms with Crippen LogP contribution in [0.25, 0.3) is 98.7 Å². The number of hydrogen-bond donors (Lipinski definition) is 0. The molecule has 10 aromatic rings. The highest BCUT2D eigenvalue weighted by atomic mass is 14.2. The average Bonchev–Trinajstić information content (AvgIpc) is 3.23. The Morgan fingerprint density at radius 2 is 0.741 bits per heavy atom. The van der Waals surface area contributed by atoms with E-state index >= 15 is 0 Å². The molecule has 0 aliphatic rings. The summed E-state index contributed by atoms with van der Waals surface area (Å²) in [4.78, 5) is 0. The lowest BCUT2D eigenvalue weighted by molar-refractivity contribution is 1.43. The van der Waals surface area contributed by atoms with Gasteiger partial charge in [-0.3, -0.25) is 0 Å². The summed E-state index contributed by atoms with van der Waals surface area (Å²) < 4.78 is 0. The summed E-state index contributed by atoms with van der Waals surface area (Å²) in [5.74, 6) is 0. The van der Waals surface area contributed by atoms with E-state index in [0.717, 1.165) is 0 Å². The fraction of sp³-hybridized carbons (Fsp3) is 0.0370. The van der Waals surface area contributed by atoms with Crippen molar-refractivity contribution in [2.45, 2.75) is 13.8 Å². The molecular formula is C54H38. The Labute approximate surface area is 316 Å². The van der Waals surface area contributed by atoms with Crippen molar-refractivity contribution in [1.29, 1.82) is 0 Å². The predicted octanol–water partition coefficient (Wildman–Crippen LogP) is 15.3. The maximum Gasteiger partial charge on any atom is -0.00262 e. The maximum absolute atomic E-state index is 2.38. The first-order chi connectivity index (χ1) is 26.6. The second-order valence-corrected chi connectivity index (χ2v) is 14.5. The zero-order valence-corrected chi connectivity index (χ0v) is 30.5. The van der Waals surface area contributed by atoms with Gasteiger partial charge in [-0.15, -0.1) is 0 Å². The minimum atomic E-state index is 1.22. The molecule has 0 aliphatic heterocycles. The molecule has 0 aromatic heterocycles. The Hall–Kier alpha value is -6.76. The van der Waals surface area contributed by atoms with Gasteiger partial charge in [-0.25, -0.2) is 0 Å². The van der Waals surface area contributed by atoms with Crippen molar-refractivity contribution >= 4 is 43.1 Å². The highest BCUT2D eigenvalue weighted by Crippen LogP contribution is 2.45. The number of aryl methyl sites for hydroxylation is 2. The summed E-state index contributed by atoms with van der Waals surface area (Å²) >= 11 is 0. The van der Waals surface area contributed by atoms with Crippen LogP contribution >= 0.6 is 0 Å². The molecule has 0 spiro atoms. The van der Waals surface area contributed by atoms with Crippen LogP contribution in [-0.2, 0) is 0 Å². The maximum atomic E-state index is 2.38. The topological polar surface area (TPSA) is 0 Å². The molecule has 0 heteroatoms. The second kappa shape index (κ2) is 13.0. The first kappa shape index (κ1) is 31.9. The SMILES string of the molecule is Cc1ccc(-c2cccc(-c3c4ccccc4c(-c4ccc(-c5cccc6ccccc56)cc4)c4ccccc34)c2)cc1-c1ccc2ccccc2c1C. The lowest BCUT2D eigenvalue weighted by Crippen LogP contribution is -1.92. The van der Waals surface area contributed by atoms with Crippen molar-refractivity contribution in [2.24, 2.45) is 0 Å². The number of rotatable bonds is 5.